The maximum absolute atomic E-state index is 5.90. The fourth-order valence-corrected chi connectivity index (χ4v) is 5.31. The average molecular weight is 483 g/mol. The first-order chi connectivity index (χ1) is 16.9. The van der Waals surface area contributed by atoms with Crippen molar-refractivity contribution in [3.63, 3.8) is 0 Å². The number of anilines is 1. The summed E-state index contributed by atoms with van der Waals surface area (Å²) in [5.41, 5.74) is 6.73. The topological polar surface area (TPSA) is 42.3 Å². The van der Waals surface area contributed by atoms with Gasteiger partial charge in [-0.15, -0.1) is 0 Å². The minimum absolute atomic E-state index is 0.0575. The standard InChI is InChI=1S/C29H30N4OS/c1-19(2)34-24-15-13-23(14-16-24)33-28(27(31-29(33)35)26-12-8-9-17-30-26)25-18-20(3)32(21(25)4)22-10-6-5-7-11-22/h5-19,27-28H,1-4H3,(H,31,35). The lowest BCUT2D eigenvalue weighted by Gasteiger charge is -2.28. The molecule has 1 N–H and O–H groups in total. The Morgan fingerprint density at radius 3 is 2.29 bits per heavy atom. The summed E-state index contributed by atoms with van der Waals surface area (Å²) in [6.07, 6.45) is 1.96. The molecule has 1 aliphatic heterocycles. The smallest absolute Gasteiger partial charge is 0.174 e. The van der Waals surface area contributed by atoms with Gasteiger partial charge in [-0.05, 0) is 100 Å². The molecule has 1 saturated heterocycles. The van der Waals surface area contributed by atoms with Crippen molar-refractivity contribution >= 4 is 23.0 Å². The SMILES string of the molecule is Cc1cc(C2C(c3ccccn3)NC(=S)N2c2ccc(OC(C)C)cc2)c(C)n1-c1ccccc1. The van der Waals surface area contributed by atoms with E-state index in [2.05, 4.69) is 82.1 Å². The largest absolute Gasteiger partial charge is 0.491 e. The molecule has 0 spiro atoms. The molecule has 1 fully saturated rings. The Labute approximate surface area is 212 Å². The van der Waals surface area contributed by atoms with E-state index in [1.54, 1.807) is 0 Å². The van der Waals surface area contributed by atoms with E-state index in [4.69, 9.17) is 17.0 Å². The van der Waals surface area contributed by atoms with Crippen LogP contribution < -0.4 is 15.0 Å². The summed E-state index contributed by atoms with van der Waals surface area (Å²) in [5, 5.41) is 4.25. The summed E-state index contributed by atoms with van der Waals surface area (Å²) in [6, 6.07) is 26.8. The summed E-state index contributed by atoms with van der Waals surface area (Å²) in [6.45, 7) is 8.40. The van der Waals surface area contributed by atoms with Gasteiger partial charge in [0.2, 0.25) is 0 Å². The lowest BCUT2D eigenvalue weighted by Crippen LogP contribution is -2.29. The molecule has 2 unspecified atom stereocenters. The minimum atomic E-state index is -0.0833. The summed E-state index contributed by atoms with van der Waals surface area (Å²) >= 11 is 5.90. The van der Waals surface area contributed by atoms with Crippen molar-refractivity contribution in [3.05, 3.63) is 108 Å². The van der Waals surface area contributed by atoms with E-state index in [1.165, 1.54) is 17.0 Å². The molecule has 35 heavy (non-hydrogen) atoms. The summed E-state index contributed by atoms with van der Waals surface area (Å²) in [4.78, 5) is 6.90. The molecular formula is C29H30N4OS. The zero-order valence-electron chi connectivity index (χ0n) is 20.5. The number of benzene rings is 2. The number of aromatic nitrogens is 2. The molecule has 0 aliphatic carbocycles. The summed E-state index contributed by atoms with van der Waals surface area (Å²) in [7, 11) is 0. The molecule has 2 aromatic carbocycles. The van der Waals surface area contributed by atoms with E-state index in [0.717, 1.165) is 22.8 Å². The zero-order valence-corrected chi connectivity index (χ0v) is 21.3. The number of thiocarbonyl (C=S) groups is 1. The van der Waals surface area contributed by atoms with Gasteiger partial charge in [-0.1, -0.05) is 24.3 Å². The third-order valence-electron chi connectivity index (χ3n) is 6.39. The van der Waals surface area contributed by atoms with E-state index < -0.39 is 0 Å². The lowest BCUT2D eigenvalue weighted by atomic mass is 9.96. The molecule has 6 heteroatoms. The Kier molecular flexibility index (Phi) is 6.31. The second kappa shape index (κ2) is 9.55. The van der Waals surface area contributed by atoms with Gasteiger partial charge in [-0.2, -0.15) is 0 Å². The predicted octanol–water partition coefficient (Wildman–Crippen LogP) is 6.45. The first kappa shape index (κ1) is 23.1. The van der Waals surface area contributed by atoms with Crippen molar-refractivity contribution in [2.75, 3.05) is 4.90 Å². The third-order valence-corrected chi connectivity index (χ3v) is 6.70. The molecule has 0 saturated carbocycles. The summed E-state index contributed by atoms with van der Waals surface area (Å²) < 4.78 is 8.18. The van der Waals surface area contributed by atoms with Crippen molar-refractivity contribution in [1.82, 2.24) is 14.9 Å². The number of hydrogen-bond donors (Lipinski definition) is 1. The highest BCUT2D eigenvalue weighted by Gasteiger charge is 2.42. The fraction of sp³-hybridized carbons (Fsp3) is 0.241. The molecule has 1 aliphatic rings. The van der Waals surface area contributed by atoms with Crippen LogP contribution in [0.25, 0.3) is 5.69 Å². The fourth-order valence-electron chi connectivity index (χ4n) is 4.97. The van der Waals surface area contributed by atoms with Gasteiger partial charge in [-0.25, -0.2) is 0 Å². The molecule has 178 valence electrons. The second-order valence-corrected chi connectivity index (χ2v) is 9.54. The molecule has 5 nitrogen and oxygen atoms in total. The van der Waals surface area contributed by atoms with Crippen LogP contribution in [0, 0.1) is 13.8 Å². The van der Waals surface area contributed by atoms with E-state index in [-0.39, 0.29) is 18.2 Å². The van der Waals surface area contributed by atoms with Gasteiger partial charge < -0.3 is 19.5 Å². The van der Waals surface area contributed by atoms with Gasteiger partial charge in [-0.3, -0.25) is 4.98 Å². The lowest BCUT2D eigenvalue weighted by molar-refractivity contribution is 0.242. The van der Waals surface area contributed by atoms with Crippen molar-refractivity contribution in [2.45, 2.75) is 45.9 Å². The molecule has 2 atom stereocenters. The number of aryl methyl sites for hydroxylation is 1. The monoisotopic (exact) mass is 482 g/mol. The number of rotatable bonds is 6. The number of pyridine rings is 1. The minimum Gasteiger partial charge on any atom is -0.491 e. The Balaban J connectivity index is 1.62. The molecule has 0 radical (unpaired) electrons. The molecule has 0 amide bonds. The predicted molar refractivity (Wildman–Crippen MR) is 145 cm³/mol. The molecule has 2 aromatic heterocycles. The van der Waals surface area contributed by atoms with Crippen LogP contribution in [0.3, 0.4) is 0 Å². The molecule has 5 rings (SSSR count). The Morgan fingerprint density at radius 2 is 1.63 bits per heavy atom. The average Bonchev–Trinajstić information content (AvgIpc) is 3.35. The van der Waals surface area contributed by atoms with Crippen molar-refractivity contribution in [3.8, 4) is 11.4 Å². The van der Waals surface area contributed by atoms with Gasteiger partial charge in [0, 0.05) is 29.0 Å². The number of nitrogens with one attached hydrogen (secondary N) is 1. The van der Waals surface area contributed by atoms with E-state index in [0.29, 0.717) is 5.11 Å². The molecular weight excluding hydrogens is 452 g/mol. The highest BCUT2D eigenvalue weighted by Crippen LogP contribution is 2.44. The number of ether oxygens (including phenoxy) is 1. The van der Waals surface area contributed by atoms with Crippen LogP contribution in [0.1, 0.15) is 48.6 Å². The van der Waals surface area contributed by atoms with Gasteiger partial charge in [0.1, 0.15) is 5.75 Å². The van der Waals surface area contributed by atoms with Crippen molar-refractivity contribution < 1.29 is 4.74 Å². The van der Waals surface area contributed by atoms with Crippen LogP contribution in [-0.2, 0) is 0 Å². The van der Waals surface area contributed by atoms with E-state index in [1.807, 2.05) is 50.4 Å². The maximum atomic E-state index is 5.90. The van der Waals surface area contributed by atoms with Crippen LogP contribution in [0.5, 0.6) is 5.75 Å². The van der Waals surface area contributed by atoms with E-state index in [9.17, 15) is 0 Å². The van der Waals surface area contributed by atoms with Crippen LogP contribution in [-0.4, -0.2) is 20.8 Å². The second-order valence-electron chi connectivity index (χ2n) is 9.15. The van der Waals surface area contributed by atoms with Crippen LogP contribution in [0.2, 0.25) is 0 Å². The summed E-state index contributed by atoms with van der Waals surface area (Å²) in [5.74, 6) is 0.849. The Bertz CT molecular complexity index is 1320. The highest BCUT2D eigenvalue weighted by molar-refractivity contribution is 7.80. The Hall–Kier alpha value is -3.64. The van der Waals surface area contributed by atoms with Crippen LogP contribution in [0.4, 0.5) is 5.69 Å². The molecule has 0 bridgehead atoms. The molecule has 3 heterocycles. The van der Waals surface area contributed by atoms with Gasteiger partial charge in [0.25, 0.3) is 0 Å². The van der Waals surface area contributed by atoms with Gasteiger partial charge in [0.15, 0.2) is 5.11 Å². The highest BCUT2D eigenvalue weighted by atomic mass is 32.1. The van der Waals surface area contributed by atoms with Crippen molar-refractivity contribution in [1.29, 1.82) is 0 Å². The number of para-hydroxylation sites is 1. The molecule has 4 aromatic rings. The van der Waals surface area contributed by atoms with E-state index >= 15 is 0 Å². The first-order valence-corrected chi connectivity index (χ1v) is 12.4. The van der Waals surface area contributed by atoms with Crippen molar-refractivity contribution in [2.24, 2.45) is 0 Å². The van der Waals surface area contributed by atoms with Crippen LogP contribution >= 0.6 is 12.2 Å². The number of hydrogen-bond acceptors (Lipinski definition) is 3. The zero-order chi connectivity index (χ0) is 24.5. The first-order valence-electron chi connectivity index (χ1n) is 12.0. The number of nitrogens with zero attached hydrogens (tertiary/aromatic N) is 3. The Morgan fingerprint density at radius 1 is 0.914 bits per heavy atom. The third kappa shape index (κ3) is 4.42. The van der Waals surface area contributed by atoms with Gasteiger partial charge in [0.05, 0.1) is 23.9 Å². The van der Waals surface area contributed by atoms with Gasteiger partial charge >= 0.3 is 0 Å². The van der Waals surface area contributed by atoms with Crippen LogP contribution in [0.15, 0.2) is 85.1 Å². The maximum Gasteiger partial charge on any atom is 0.174 e. The quantitative estimate of drug-likeness (QED) is 0.320. The normalized spacial score (nSPS) is 17.6.